The molecule has 0 unspecified atom stereocenters. The standard InChI is InChI=1S/C18H16F2N2O2/c1-11-2-3-12(10-15(11)20)17(23)21-16-8-9-22(18(16)24)14-6-4-13(19)5-7-14/h2-7,10,16H,8-9H2,1H3,(H,21,23)/t16-/m1/s1. The third-order valence-corrected chi connectivity index (χ3v) is 4.08. The molecule has 0 saturated carbocycles. The normalized spacial score (nSPS) is 17.2. The van der Waals surface area contributed by atoms with Crippen LogP contribution < -0.4 is 10.2 Å². The van der Waals surface area contributed by atoms with Gasteiger partial charge in [0.2, 0.25) is 5.91 Å². The van der Waals surface area contributed by atoms with E-state index >= 15 is 0 Å². The summed E-state index contributed by atoms with van der Waals surface area (Å²) in [6, 6.07) is 9.12. The van der Waals surface area contributed by atoms with Crippen LogP contribution in [0, 0.1) is 18.6 Å². The van der Waals surface area contributed by atoms with Crippen LogP contribution in [0.5, 0.6) is 0 Å². The largest absolute Gasteiger partial charge is 0.340 e. The van der Waals surface area contributed by atoms with Gasteiger partial charge in [-0.1, -0.05) is 6.07 Å². The summed E-state index contributed by atoms with van der Waals surface area (Å²) in [6.45, 7) is 2.04. The van der Waals surface area contributed by atoms with E-state index in [4.69, 9.17) is 0 Å². The Morgan fingerprint density at radius 2 is 1.88 bits per heavy atom. The maximum Gasteiger partial charge on any atom is 0.252 e. The Morgan fingerprint density at radius 3 is 2.54 bits per heavy atom. The molecule has 1 heterocycles. The van der Waals surface area contributed by atoms with Gasteiger partial charge in [0.15, 0.2) is 0 Å². The molecule has 1 fully saturated rings. The van der Waals surface area contributed by atoms with Crippen molar-refractivity contribution in [2.24, 2.45) is 0 Å². The van der Waals surface area contributed by atoms with Gasteiger partial charge in [-0.05, 0) is 55.3 Å². The molecule has 0 aliphatic carbocycles. The molecule has 1 N–H and O–H groups in total. The highest BCUT2D eigenvalue weighted by atomic mass is 19.1. The summed E-state index contributed by atoms with van der Waals surface area (Å²) >= 11 is 0. The highest BCUT2D eigenvalue weighted by Gasteiger charge is 2.33. The van der Waals surface area contributed by atoms with Crippen molar-refractivity contribution in [3.8, 4) is 0 Å². The van der Waals surface area contributed by atoms with E-state index in [0.29, 0.717) is 24.2 Å². The van der Waals surface area contributed by atoms with Crippen molar-refractivity contribution in [3.05, 3.63) is 65.2 Å². The predicted octanol–water partition coefficient (Wildman–Crippen LogP) is 2.81. The minimum Gasteiger partial charge on any atom is -0.340 e. The van der Waals surface area contributed by atoms with Crippen LogP contribution in [0.25, 0.3) is 0 Å². The Balaban J connectivity index is 1.70. The second-order valence-corrected chi connectivity index (χ2v) is 5.74. The zero-order chi connectivity index (χ0) is 17.3. The topological polar surface area (TPSA) is 49.4 Å². The second kappa shape index (κ2) is 6.39. The minimum absolute atomic E-state index is 0.172. The number of rotatable bonds is 3. The van der Waals surface area contributed by atoms with E-state index in [1.54, 1.807) is 6.92 Å². The van der Waals surface area contributed by atoms with Gasteiger partial charge in [-0.15, -0.1) is 0 Å². The first-order valence-corrected chi connectivity index (χ1v) is 7.59. The van der Waals surface area contributed by atoms with Crippen LogP contribution in [0.2, 0.25) is 0 Å². The summed E-state index contributed by atoms with van der Waals surface area (Å²) in [7, 11) is 0. The zero-order valence-corrected chi connectivity index (χ0v) is 13.1. The Morgan fingerprint density at radius 1 is 1.17 bits per heavy atom. The molecule has 1 atom stereocenters. The number of aryl methyl sites for hydroxylation is 1. The number of anilines is 1. The summed E-state index contributed by atoms with van der Waals surface area (Å²) < 4.78 is 26.5. The molecule has 1 aliphatic heterocycles. The lowest BCUT2D eigenvalue weighted by Gasteiger charge is -2.17. The van der Waals surface area contributed by atoms with Gasteiger partial charge < -0.3 is 10.2 Å². The van der Waals surface area contributed by atoms with Gasteiger partial charge in [0.25, 0.3) is 5.91 Å². The van der Waals surface area contributed by atoms with Gasteiger partial charge in [0.1, 0.15) is 17.7 Å². The molecule has 24 heavy (non-hydrogen) atoms. The van der Waals surface area contributed by atoms with Gasteiger partial charge >= 0.3 is 0 Å². The van der Waals surface area contributed by atoms with Crippen molar-refractivity contribution in [3.63, 3.8) is 0 Å². The van der Waals surface area contributed by atoms with Crippen molar-refractivity contribution in [2.75, 3.05) is 11.4 Å². The lowest BCUT2D eigenvalue weighted by molar-refractivity contribution is -0.118. The van der Waals surface area contributed by atoms with Crippen LogP contribution in [0.4, 0.5) is 14.5 Å². The van der Waals surface area contributed by atoms with Crippen molar-refractivity contribution in [2.45, 2.75) is 19.4 Å². The number of benzene rings is 2. The molecular weight excluding hydrogens is 314 g/mol. The first kappa shape index (κ1) is 16.1. The molecule has 1 aliphatic rings. The fourth-order valence-corrected chi connectivity index (χ4v) is 2.67. The number of amides is 2. The lowest BCUT2D eigenvalue weighted by atomic mass is 10.1. The van der Waals surface area contributed by atoms with Gasteiger partial charge in [-0.25, -0.2) is 8.78 Å². The van der Waals surface area contributed by atoms with Crippen LogP contribution >= 0.6 is 0 Å². The van der Waals surface area contributed by atoms with E-state index in [9.17, 15) is 18.4 Å². The molecule has 6 heteroatoms. The predicted molar refractivity (Wildman–Crippen MR) is 85.8 cm³/mol. The van der Waals surface area contributed by atoms with Crippen LogP contribution in [-0.4, -0.2) is 24.4 Å². The fourth-order valence-electron chi connectivity index (χ4n) is 2.67. The minimum atomic E-state index is -0.674. The van der Waals surface area contributed by atoms with Gasteiger partial charge in [0, 0.05) is 17.8 Å². The molecule has 2 amide bonds. The van der Waals surface area contributed by atoms with Crippen LogP contribution in [0.1, 0.15) is 22.3 Å². The van der Waals surface area contributed by atoms with E-state index in [1.165, 1.54) is 41.3 Å². The Labute approximate surface area is 138 Å². The zero-order valence-electron chi connectivity index (χ0n) is 13.1. The number of hydrogen-bond acceptors (Lipinski definition) is 2. The highest BCUT2D eigenvalue weighted by Crippen LogP contribution is 2.22. The van der Waals surface area contributed by atoms with E-state index in [2.05, 4.69) is 5.32 Å². The van der Waals surface area contributed by atoms with E-state index in [1.807, 2.05) is 0 Å². The maximum atomic E-state index is 13.6. The molecule has 3 rings (SSSR count). The fraction of sp³-hybridized carbons (Fsp3) is 0.222. The lowest BCUT2D eigenvalue weighted by Crippen LogP contribution is -2.41. The van der Waals surface area contributed by atoms with E-state index in [-0.39, 0.29) is 17.3 Å². The first-order valence-electron chi connectivity index (χ1n) is 7.59. The molecule has 1 saturated heterocycles. The third-order valence-electron chi connectivity index (χ3n) is 4.08. The quantitative estimate of drug-likeness (QED) is 0.941. The van der Waals surface area contributed by atoms with E-state index < -0.39 is 17.8 Å². The molecule has 0 spiro atoms. The molecule has 2 aromatic rings. The van der Waals surface area contributed by atoms with Gasteiger partial charge in [-0.3, -0.25) is 9.59 Å². The van der Waals surface area contributed by atoms with Crippen molar-refractivity contribution < 1.29 is 18.4 Å². The first-order chi connectivity index (χ1) is 11.5. The maximum absolute atomic E-state index is 13.6. The van der Waals surface area contributed by atoms with Crippen LogP contribution in [0.3, 0.4) is 0 Å². The summed E-state index contributed by atoms with van der Waals surface area (Å²) in [4.78, 5) is 26.1. The average molecular weight is 330 g/mol. The number of hydrogen-bond donors (Lipinski definition) is 1. The molecule has 4 nitrogen and oxygen atoms in total. The summed E-state index contributed by atoms with van der Waals surface area (Å²) in [5.41, 5.74) is 1.21. The Kier molecular flexibility index (Phi) is 4.29. The molecule has 124 valence electrons. The smallest absolute Gasteiger partial charge is 0.252 e. The summed E-state index contributed by atoms with van der Waals surface area (Å²) in [5, 5.41) is 2.63. The third kappa shape index (κ3) is 3.13. The number of nitrogens with one attached hydrogen (secondary N) is 1. The Bertz CT molecular complexity index is 790. The van der Waals surface area contributed by atoms with Crippen molar-refractivity contribution in [1.82, 2.24) is 5.32 Å². The molecule has 0 bridgehead atoms. The van der Waals surface area contributed by atoms with Crippen LogP contribution in [-0.2, 0) is 4.79 Å². The molecular formula is C18H16F2N2O2. The SMILES string of the molecule is Cc1ccc(C(=O)N[C@@H]2CCN(c3ccc(F)cc3)C2=O)cc1F. The van der Waals surface area contributed by atoms with Gasteiger partial charge in [-0.2, -0.15) is 0 Å². The number of nitrogens with zero attached hydrogens (tertiary/aromatic N) is 1. The number of halogens is 2. The number of carbonyl (C=O) groups excluding carboxylic acids is 2. The van der Waals surface area contributed by atoms with Crippen LogP contribution in [0.15, 0.2) is 42.5 Å². The molecule has 2 aromatic carbocycles. The summed E-state index contributed by atoms with van der Waals surface area (Å²) in [5.74, 6) is -1.60. The average Bonchev–Trinajstić information content (AvgIpc) is 2.92. The number of carbonyl (C=O) groups is 2. The molecule has 0 aromatic heterocycles. The van der Waals surface area contributed by atoms with Crippen molar-refractivity contribution >= 4 is 17.5 Å². The van der Waals surface area contributed by atoms with E-state index in [0.717, 1.165) is 6.07 Å². The van der Waals surface area contributed by atoms with Gasteiger partial charge in [0.05, 0.1) is 0 Å². The summed E-state index contributed by atoms with van der Waals surface area (Å²) in [6.07, 6.45) is 0.441. The highest BCUT2D eigenvalue weighted by molar-refractivity contribution is 6.03. The molecule has 0 radical (unpaired) electrons. The second-order valence-electron chi connectivity index (χ2n) is 5.74. The Hall–Kier alpha value is -2.76. The van der Waals surface area contributed by atoms with Crippen molar-refractivity contribution in [1.29, 1.82) is 0 Å². The monoisotopic (exact) mass is 330 g/mol.